The summed E-state index contributed by atoms with van der Waals surface area (Å²) in [5.74, 6) is 1.46. The third kappa shape index (κ3) is 8.10. The van der Waals surface area contributed by atoms with Crippen LogP contribution in [-0.2, 0) is 0 Å². The first-order valence-corrected chi connectivity index (χ1v) is 11.7. The van der Waals surface area contributed by atoms with Gasteiger partial charge in [-0.15, -0.1) is 0 Å². The van der Waals surface area contributed by atoms with Crippen LogP contribution in [0.25, 0.3) is 0 Å². The predicted molar refractivity (Wildman–Crippen MR) is 117 cm³/mol. The number of aliphatic hydroxyl groups is 2. The van der Waals surface area contributed by atoms with Gasteiger partial charge in [0.2, 0.25) is 0 Å². The van der Waals surface area contributed by atoms with Gasteiger partial charge in [-0.3, -0.25) is 0 Å². The van der Waals surface area contributed by atoms with E-state index < -0.39 is 0 Å². The summed E-state index contributed by atoms with van der Waals surface area (Å²) in [6.45, 7) is 20.3. The Balaban J connectivity index is 2.86. The minimum Gasteiger partial charge on any atom is -0.393 e. The van der Waals surface area contributed by atoms with Gasteiger partial charge < -0.3 is 10.2 Å². The molecule has 26 heavy (non-hydrogen) atoms. The highest BCUT2D eigenvalue weighted by molar-refractivity contribution is 8.00. The number of thioether (sulfide) groups is 1. The molecule has 0 aromatic carbocycles. The molecule has 3 heteroatoms. The van der Waals surface area contributed by atoms with Gasteiger partial charge in [0.15, 0.2) is 0 Å². The molecule has 0 spiro atoms. The fourth-order valence-electron chi connectivity index (χ4n) is 4.43. The van der Waals surface area contributed by atoms with E-state index in [0.717, 1.165) is 19.3 Å². The van der Waals surface area contributed by atoms with Gasteiger partial charge in [-0.2, -0.15) is 11.8 Å². The Bertz CT molecular complexity index is 407. The molecule has 0 heterocycles. The highest BCUT2D eigenvalue weighted by Gasteiger charge is 2.41. The molecule has 7 atom stereocenters. The maximum absolute atomic E-state index is 10.6. The monoisotopic (exact) mass is 386 g/mol. The van der Waals surface area contributed by atoms with Crippen LogP contribution in [-0.4, -0.2) is 32.9 Å². The normalized spacial score (nSPS) is 31.5. The van der Waals surface area contributed by atoms with E-state index in [2.05, 4.69) is 67.2 Å². The molecule has 0 aliphatic heterocycles. The van der Waals surface area contributed by atoms with Gasteiger partial charge in [-0.25, -0.2) is 0 Å². The van der Waals surface area contributed by atoms with Crippen LogP contribution in [0.15, 0.2) is 0 Å². The zero-order valence-corrected chi connectivity index (χ0v) is 19.7. The summed E-state index contributed by atoms with van der Waals surface area (Å²) in [5, 5.41) is 21.7. The molecule has 2 N–H and O–H groups in total. The van der Waals surface area contributed by atoms with E-state index in [1.807, 2.05) is 6.92 Å². The Morgan fingerprint density at radius 3 is 2.08 bits per heavy atom. The molecule has 0 bridgehead atoms. The quantitative estimate of drug-likeness (QED) is 0.552. The van der Waals surface area contributed by atoms with Gasteiger partial charge in [0.25, 0.3) is 0 Å². The second-order valence-electron chi connectivity index (χ2n) is 11.4. The lowest BCUT2D eigenvalue weighted by molar-refractivity contribution is -0.00295. The summed E-state index contributed by atoms with van der Waals surface area (Å²) in [6, 6.07) is 0. The second-order valence-corrected chi connectivity index (χ2v) is 12.8. The molecule has 1 rings (SSSR count). The minimum atomic E-state index is -0.226. The lowest BCUT2D eigenvalue weighted by atomic mass is 9.68. The van der Waals surface area contributed by atoms with Crippen molar-refractivity contribution in [3.8, 4) is 0 Å². The highest BCUT2D eigenvalue weighted by Crippen LogP contribution is 2.47. The van der Waals surface area contributed by atoms with Crippen LogP contribution >= 0.6 is 11.8 Å². The Hall–Kier alpha value is 0.270. The first kappa shape index (κ1) is 24.3. The van der Waals surface area contributed by atoms with Crippen molar-refractivity contribution in [1.29, 1.82) is 0 Å². The summed E-state index contributed by atoms with van der Waals surface area (Å²) in [5.41, 5.74) is 0.510. The first-order valence-electron chi connectivity index (χ1n) is 10.7. The lowest BCUT2D eigenvalue weighted by Gasteiger charge is -2.45. The van der Waals surface area contributed by atoms with Gasteiger partial charge in [-0.05, 0) is 67.6 Å². The van der Waals surface area contributed by atoms with Crippen LogP contribution in [0.1, 0.15) is 94.4 Å². The van der Waals surface area contributed by atoms with Crippen LogP contribution in [0, 0.1) is 28.6 Å². The van der Waals surface area contributed by atoms with Crippen LogP contribution < -0.4 is 0 Å². The van der Waals surface area contributed by atoms with E-state index in [1.165, 1.54) is 12.8 Å². The van der Waals surface area contributed by atoms with Crippen molar-refractivity contribution in [3.63, 3.8) is 0 Å². The summed E-state index contributed by atoms with van der Waals surface area (Å²) in [4.78, 5) is 0. The number of hydrogen-bond acceptors (Lipinski definition) is 3. The number of rotatable bonds is 7. The Morgan fingerprint density at radius 1 is 1.04 bits per heavy atom. The molecule has 1 aliphatic carbocycles. The molecule has 0 radical (unpaired) electrons. The van der Waals surface area contributed by atoms with Crippen molar-refractivity contribution < 1.29 is 10.2 Å². The average Bonchev–Trinajstić information content (AvgIpc) is 2.41. The largest absolute Gasteiger partial charge is 0.393 e. The zero-order valence-electron chi connectivity index (χ0n) is 18.9. The van der Waals surface area contributed by atoms with Gasteiger partial charge in [0.1, 0.15) is 0 Å². The van der Waals surface area contributed by atoms with Crippen LogP contribution in [0.3, 0.4) is 0 Å². The fourth-order valence-corrected chi connectivity index (χ4v) is 6.21. The van der Waals surface area contributed by atoms with E-state index in [0.29, 0.717) is 33.7 Å². The van der Waals surface area contributed by atoms with E-state index in [4.69, 9.17) is 0 Å². The first-order chi connectivity index (χ1) is 11.7. The Labute approximate surface area is 167 Å². The van der Waals surface area contributed by atoms with Gasteiger partial charge in [-0.1, -0.05) is 55.4 Å². The molecular formula is C23H46O2S. The van der Waals surface area contributed by atoms with E-state index in [9.17, 15) is 10.2 Å². The summed E-state index contributed by atoms with van der Waals surface area (Å²) in [6.07, 6.45) is 4.98. The topological polar surface area (TPSA) is 40.5 Å². The molecule has 156 valence electrons. The summed E-state index contributed by atoms with van der Waals surface area (Å²) < 4.78 is 0. The molecule has 2 nitrogen and oxygen atoms in total. The predicted octanol–water partition coefficient (Wildman–Crippen LogP) is 6.14. The number of aliphatic hydroxyl groups excluding tert-OH is 2. The van der Waals surface area contributed by atoms with E-state index >= 15 is 0 Å². The van der Waals surface area contributed by atoms with Crippen LogP contribution in [0.2, 0.25) is 0 Å². The zero-order chi connectivity index (χ0) is 20.3. The highest BCUT2D eigenvalue weighted by atomic mass is 32.2. The average molecular weight is 387 g/mol. The van der Waals surface area contributed by atoms with Crippen molar-refractivity contribution in [2.45, 2.75) is 117 Å². The van der Waals surface area contributed by atoms with Crippen molar-refractivity contribution >= 4 is 11.8 Å². The fraction of sp³-hybridized carbons (Fsp3) is 1.00. The Kier molecular flexibility index (Phi) is 9.02. The standard InChI is InChI=1S/C23H46O2S/c1-15(12-17(3)24)20(10-11-22(4,5)6)26-21-14-18(23(7,8)9)19(25)13-16(21)2/h15-21,24-25H,10-14H2,1-9H3. The van der Waals surface area contributed by atoms with Crippen LogP contribution in [0.5, 0.6) is 0 Å². The minimum absolute atomic E-state index is 0.157. The van der Waals surface area contributed by atoms with Gasteiger partial charge >= 0.3 is 0 Å². The maximum atomic E-state index is 10.6. The third-order valence-electron chi connectivity index (χ3n) is 6.19. The SMILES string of the molecule is CC(O)CC(C)C(CCC(C)(C)C)SC1CC(C(C)(C)C)C(O)CC1C. The van der Waals surface area contributed by atoms with E-state index in [-0.39, 0.29) is 17.6 Å². The molecule has 0 aromatic heterocycles. The van der Waals surface area contributed by atoms with Gasteiger partial charge in [0, 0.05) is 10.5 Å². The smallest absolute Gasteiger partial charge is 0.0576 e. The molecule has 0 amide bonds. The van der Waals surface area contributed by atoms with Gasteiger partial charge in [0.05, 0.1) is 12.2 Å². The molecular weight excluding hydrogens is 340 g/mol. The molecule has 1 fully saturated rings. The van der Waals surface area contributed by atoms with Crippen molar-refractivity contribution in [3.05, 3.63) is 0 Å². The van der Waals surface area contributed by atoms with Crippen LogP contribution in [0.4, 0.5) is 0 Å². The molecule has 0 aromatic rings. The van der Waals surface area contributed by atoms with Crippen molar-refractivity contribution in [2.75, 3.05) is 0 Å². The second kappa shape index (κ2) is 9.65. The third-order valence-corrected chi connectivity index (χ3v) is 8.24. The molecule has 1 aliphatic rings. The summed E-state index contributed by atoms with van der Waals surface area (Å²) >= 11 is 2.16. The Morgan fingerprint density at radius 2 is 1.62 bits per heavy atom. The van der Waals surface area contributed by atoms with E-state index in [1.54, 1.807) is 0 Å². The maximum Gasteiger partial charge on any atom is 0.0576 e. The van der Waals surface area contributed by atoms with Crippen molar-refractivity contribution in [1.82, 2.24) is 0 Å². The number of hydrogen-bond donors (Lipinski definition) is 2. The molecule has 0 saturated heterocycles. The molecule has 1 saturated carbocycles. The lowest BCUT2D eigenvalue weighted by Crippen LogP contribution is -2.43. The van der Waals surface area contributed by atoms with Crippen molar-refractivity contribution in [2.24, 2.45) is 28.6 Å². The molecule has 7 unspecified atom stereocenters. The summed E-state index contributed by atoms with van der Waals surface area (Å²) in [7, 11) is 0.